The average molecular weight is 449 g/mol. The summed E-state index contributed by atoms with van der Waals surface area (Å²) in [5.41, 5.74) is 4.81. The molecule has 2 heterocycles. The first-order valence-electron chi connectivity index (χ1n) is 9.03. The molecule has 28 heavy (non-hydrogen) atoms. The van der Waals surface area contributed by atoms with Gasteiger partial charge < -0.3 is 4.57 Å². The van der Waals surface area contributed by atoms with E-state index >= 15 is 0 Å². The SMILES string of the molecule is Brc1ccc(CSc2nnc3n(Cc4ccccc4)c4ccccc4n23)cc1. The predicted molar refractivity (Wildman–Crippen MR) is 118 cm³/mol. The topological polar surface area (TPSA) is 35.1 Å². The van der Waals surface area contributed by atoms with Gasteiger partial charge in [-0.1, -0.05) is 82.3 Å². The fourth-order valence-corrected chi connectivity index (χ4v) is 4.54. The van der Waals surface area contributed by atoms with E-state index in [0.29, 0.717) is 0 Å². The highest BCUT2D eigenvalue weighted by atomic mass is 79.9. The van der Waals surface area contributed by atoms with Crippen molar-refractivity contribution in [2.75, 3.05) is 0 Å². The standard InChI is InChI=1S/C22H17BrN4S/c23-18-12-10-17(11-13-18)15-28-22-25-24-21-26(14-16-6-2-1-3-7-16)19-8-4-5-9-20(19)27(21)22/h1-13H,14-15H2. The molecule has 0 aliphatic heterocycles. The van der Waals surface area contributed by atoms with Crippen molar-refractivity contribution in [3.05, 3.63) is 94.5 Å². The maximum atomic E-state index is 4.53. The molecule has 0 aliphatic carbocycles. The Morgan fingerprint density at radius 3 is 2.25 bits per heavy atom. The largest absolute Gasteiger partial charge is 0.304 e. The molecule has 0 amide bonds. The Morgan fingerprint density at radius 2 is 1.46 bits per heavy atom. The van der Waals surface area contributed by atoms with Crippen LogP contribution < -0.4 is 0 Å². The van der Waals surface area contributed by atoms with E-state index in [-0.39, 0.29) is 0 Å². The first-order valence-corrected chi connectivity index (χ1v) is 10.8. The molecule has 4 nitrogen and oxygen atoms in total. The molecule has 0 N–H and O–H groups in total. The summed E-state index contributed by atoms with van der Waals surface area (Å²) in [6, 6.07) is 27.3. The molecule has 0 spiro atoms. The second-order valence-corrected chi connectivity index (χ2v) is 8.45. The van der Waals surface area contributed by atoms with Gasteiger partial charge in [0.05, 0.1) is 17.6 Å². The summed E-state index contributed by atoms with van der Waals surface area (Å²) in [5, 5.41) is 9.93. The van der Waals surface area contributed by atoms with E-state index in [0.717, 1.165) is 33.2 Å². The first kappa shape index (κ1) is 17.5. The van der Waals surface area contributed by atoms with Gasteiger partial charge in [0.15, 0.2) is 5.16 Å². The summed E-state index contributed by atoms with van der Waals surface area (Å²) in [6.45, 7) is 0.771. The van der Waals surface area contributed by atoms with Crippen LogP contribution in [0.3, 0.4) is 0 Å². The minimum absolute atomic E-state index is 0.771. The fraction of sp³-hybridized carbons (Fsp3) is 0.0909. The van der Waals surface area contributed by atoms with Crippen molar-refractivity contribution >= 4 is 44.5 Å². The van der Waals surface area contributed by atoms with Crippen LogP contribution in [0.25, 0.3) is 16.8 Å². The lowest BCUT2D eigenvalue weighted by molar-refractivity contribution is 0.839. The number of imidazole rings is 1. The second-order valence-electron chi connectivity index (χ2n) is 6.59. The molecule has 2 aromatic heterocycles. The van der Waals surface area contributed by atoms with Gasteiger partial charge in [0.1, 0.15) is 0 Å². The normalized spacial score (nSPS) is 11.5. The Hall–Kier alpha value is -2.57. The number of benzene rings is 3. The van der Waals surface area contributed by atoms with Gasteiger partial charge in [0, 0.05) is 10.2 Å². The van der Waals surface area contributed by atoms with Crippen molar-refractivity contribution < 1.29 is 0 Å². The van der Waals surface area contributed by atoms with Crippen molar-refractivity contribution in [3.8, 4) is 0 Å². The smallest absolute Gasteiger partial charge is 0.237 e. The van der Waals surface area contributed by atoms with Gasteiger partial charge in [-0.2, -0.15) is 0 Å². The van der Waals surface area contributed by atoms with Crippen LogP contribution >= 0.6 is 27.7 Å². The first-order chi connectivity index (χ1) is 13.8. The predicted octanol–water partition coefficient (Wildman–Crippen LogP) is 5.79. The molecule has 0 atom stereocenters. The summed E-state index contributed by atoms with van der Waals surface area (Å²) in [5.74, 6) is 1.73. The monoisotopic (exact) mass is 448 g/mol. The molecule has 5 rings (SSSR count). The molecule has 0 saturated heterocycles. The maximum Gasteiger partial charge on any atom is 0.237 e. The van der Waals surface area contributed by atoms with E-state index in [2.05, 4.69) is 108 Å². The summed E-state index contributed by atoms with van der Waals surface area (Å²) in [7, 11) is 0. The van der Waals surface area contributed by atoms with Crippen molar-refractivity contribution in [3.63, 3.8) is 0 Å². The molecular formula is C22H17BrN4S. The van der Waals surface area contributed by atoms with Crippen LogP contribution in [0.1, 0.15) is 11.1 Å². The fourth-order valence-electron chi connectivity index (χ4n) is 3.38. The van der Waals surface area contributed by atoms with Crippen molar-refractivity contribution in [2.24, 2.45) is 0 Å². The van der Waals surface area contributed by atoms with Gasteiger partial charge in [-0.3, -0.25) is 4.40 Å². The van der Waals surface area contributed by atoms with Crippen LogP contribution in [-0.2, 0) is 12.3 Å². The molecule has 3 aromatic carbocycles. The van der Waals surface area contributed by atoms with Crippen LogP contribution in [0.15, 0.2) is 88.5 Å². The molecule has 5 aromatic rings. The van der Waals surface area contributed by atoms with Crippen molar-refractivity contribution in [1.82, 2.24) is 19.2 Å². The maximum absolute atomic E-state index is 4.53. The van der Waals surface area contributed by atoms with Crippen LogP contribution in [0, 0.1) is 0 Å². The molecule has 6 heteroatoms. The Balaban J connectivity index is 1.55. The van der Waals surface area contributed by atoms with Gasteiger partial charge in [-0.05, 0) is 35.4 Å². The minimum atomic E-state index is 0.771. The third-order valence-electron chi connectivity index (χ3n) is 4.74. The van der Waals surface area contributed by atoms with E-state index < -0.39 is 0 Å². The highest BCUT2D eigenvalue weighted by Crippen LogP contribution is 2.28. The second kappa shape index (κ2) is 7.45. The number of thioether (sulfide) groups is 1. The Morgan fingerprint density at radius 1 is 0.750 bits per heavy atom. The third-order valence-corrected chi connectivity index (χ3v) is 6.26. The van der Waals surface area contributed by atoms with Gasteiger partial charge >= 0.3 is 0 Å². The van der Waals surface area contributed by atoms with Gasteiger partial charge in [-0.25, -0.2) is 0 Å². The van der Waals surface area contributed by atoms with Gasteiger partial charge in [0.25, 0.3) is 0 Å². The van der Waals surface area contributed by atoms with E-state index in [1.165, 1.54) is 16.6 Å². The lowest BCUT2D eigenvalue weighted by atomic mass is 10.2. The number of fused-ring (bicyclic) bond motifs is 3. The van der Waals surface area contributed by atoms with Gasteiger partial charge in [0.2, 0.25) is 5.78 Å². The Kier molecular flexibility index (Phi) is 4.66. The van der Waals surface area contributed by atoms with E-state index in [1.54, 1.807) is 11.8 Å². The molecule has 0 fully saturated rings. The Labute approximate surface area is 175 Å². The van der Waals surface area contributed by atoms with Gasteiger partial charge in [-0.15, -0.1) is 10.2 Å². The molecule has 0 unspecified atom stereocenters. The summed E-state index contributed by atoms with van der Waals surface area (Å²) in [4.78, 5) is 0. The zero-order chi connectivity index (χ0) is 18.9. The minimum Gasteiger partial charge on any atom is -0.304 e. The lowest BCUT2D eigenvalue weighted by Crippen LogP contribution is -2.00. The van der Waals surface area contributed by atoms with Crippen molar-refractivity contribution in [2.45, 2.75) is 17.5 Å². The van der Waals surface area contributed by atoms with E-state index in [1.807, 2.05) is 6.07 Å². The number of para-hydroxylation sites is 2. The number of nitrogens with zero attached hydrogens (tertiary/aromatic N) is 4. The molecule has 0 aliphatic rings. The van der Waals surface area contributed by atoms with E-state index in [9.17, 15) is 0 Å². The third kappa shape index (κ3) is 3.23. The Bertz CT molecular complexity index is 1240. The number of rotatable bonds is 5. The van der Waals surface area contributed by atoms with Crippen LogP contribution in [-0.4, -0.2) is 19.2 Å². The van der Waals surface area contributed by atoms with Crippen LogP contribution in [0.4, 0.5) is 0 Å². The average Bonchev–Trinajstić information content (AvgIpc) is 3.28. The molecule has 0 bridgehead atoms. The molecule has 0 radical (unpaired) electrons. The van der Waals surface area contributed by atoms with E-state index in [4.69, 9.17) is 0 Å². The zero-order valence-corrected chi connectivity index (χ0v) is 17.4. The number of halogens is 1. The quantitative estimate of drug-likeness (QED) is 0.319. The summed E-state index contributed by atoms with van der Waals surface area (Å²) in [6.07, 6.45) is 0. The number of hydrogen-bond donors (Lipinski definition) is 0. The number of hydrogen-bond acceptors (Lipinski definition) is 3. The lowest BCUT2D eigenvalue weighted by Gasteiger charge is -2.04. The highest BCUT2D eigenvalue weighted by Gasteiger charge is 2.17. The highest BCUT2D eigenvalue weighted by molar-refractivity contribution is 9.10. The number of aromatic nitrogens is 4. The zero-order valence-electron chi connectivity index (χ0n) is 15.0. The van der Waals surface area contributed by atoms with Crippen LogP contribution in [0.2, 0.25) is 0 Å². The molecule has 0 saturated carbocycles. The van der Waals surface area contributed by atoms with Crippen LogP contribution in [0.5, 0.6) is 0 Å². The molecular weight excluding hydrogens is 432 g/mol. The molecule has 138 valence electrons. The van der Waals surface area contributed by atoms with Crippen molar-refractivity contribution in [1.29, 1.82) is 0 Å². The summed E-state index contributed by atoms with van der Waals surface area (Å²) < 4.78 is 5.50. The summed E-state index contributed by atoms with van der Waals surface area (Å²) >= 11 is 5.20.